The molecule has 1 aromatic rings. The zero-order valence-electron chi connectivity index (χ0n) is 8.78. The summed E-state index contributed by atoms with van der Waals surface area (Å²) in [6.45, 7) is 0. The number of carbonyl (C=O) groups excluding carboxylic acids is 2. The molecule has 0 amide bonds. The average Bonchev–Trinajstić information content (AvgIpc) is 2.28. The fraction of sp³-hybridized carbons (Fsp3) is 0.364. The molecule has 0 bridgehead atoms. The molecule has 0 radical (unpaired) electrons. The quantitative estimate of drug-likeness (QED) is 0.591. The molecule has 1 unspecified atom stereocenters. The van der Waals surface area contributed by atoms with Gasteiger partial charge in [0.2, 0.25) is 0 Å². The third kappa shape index (κ3) is 3.97. The van der Waals surface area contributed by atoms with Crippen LogP contribution < -0.4 is 0 Å². The van der Waals surface area contributed by atoms with E-state index in [1.807, 2.05) is 0 Å². The first-order chi connectivity index (χ1) is 7.95. The van der Waals surface area contributed by atoms with E-state index in [2.05, 4.69) is 4.98 Å². The summed E-state index contributed by atoms with van der Waals surface area (Å²) in [6, 6.07) is 4.42. The Morgan fingerprint density at radius 2 is 2.12 bits per heavy atom. The number of pyridine rings is 1. The summed E-state index contributed by atoms with van der Waals surface area (Å²) in [5.41, 5.74) is -0.0207. The topological polar surface area (TPSA) is 47.0 Å². The Hall–Kier alpha value is -1.72. The predicted octanol–water partition coefficient (Wildman–Crippen LogP) is 2.42. The van der Waals surface area contributed by atoms with Gasteiger partial charge in [-0.25, -0.2) is 0 Å². The van der Waals surface area contributed by atoms with Gasteiger partial charge < -0.3 is 4.79 Å². The van der Waals surface area contributed by atoms with Gasteiger partial charge >= 0.3 is 6.18 Å². The highest BCUT2D eigenvalue weighted by atomic mass is 19.4. The average molecular weight is 245 g/mol. The van der Waals surface area contributed by atoms with Gasteiger partial charge in [-0.1, -0.05) is 6.07 Å². The van der Waals surface area contributed by atoms with Crippen molar-refractivity contribution in [3.05, 3.63) is 30.1 Å². The molecular formula is C11H10F3NO2. The van der Waals surface area contributed by atoms with Crippen LogP contribution in [0.2, 0.25) is 0 Å². The van der Waals surface area contributed by atoms with Gasteiger partial charge in [-0.2, -0.15) is 13.2 Å². The predicted molar refractivity (Wildman–Crippen MR) is 53.4 cm³/mol. The fourth-order valence-electron chi connectivity index (χ4n) is 1.30. The van der Waals surface area contributed by atoms with Crippen LogP contribution in [0.3, 0.4) is 0 Å². The van der Waals surface area contributed by atoms with Gasteiger partial charge in [0.15, 0.2) is 5.78 Å². The third-order valence-electron chi connectivity index (χ3n) is 2.23. The molecule has 0 saturated heterocycles. The number of carbonyl (C=O) groups is 2. The number of aromatic nitrogens is 1. The van der Waals surface area contributed by atoms with E-state index in [0.717, 1.165) is 0 Å². The van der Waals surface area contributed by atoms with Crippen LogP contribution in [-0.2, 0) is 4.79 Å². The van der Waals surface area contributed by atoms with Crippen molar-refractivity contribution in [2.24, 2.45) is 5.92 Å². The first kappa shape index (κ1) is 13.3. The summed E-state index contributed by atoms with van der Waals surface area (Å²) in [5.74, 6) is -2.65. The number of halogens is 3. The summed E-state index contributed by atoms with van der Waals surface area (Å²) >= 11 is 0. The molecule has 0 aliphatic heterocycles. The number of Topliss-reactive ketones (excluding diaryl/α,β-unsaturated/α-hetero) is 1. The Balaban J connectivity index is 2.75. The van der Waals surface area contributed by atoms with E-state index in [0.29, 0.717) is 0 Å². The zero-order valence-corrected chi connectivity index (χ0v) is 8.78. The van der Waals surface area contributed by atoms with Crippen LogP contribution in [-0.4, -0.2) is 23.2 Å². The summed E-state index contributed by atoms with van der Waals surface area (Å²) in [5, 5.41) is 0. The maximum Gasteiger partial charge on any atom is 0.392 e. The Morgan fingerprint density at radius 1 is 1.41 bits per heavy atom. The van der Waals surface area contributed by atoms with Crippen LogP contribution in [0, 0.1) is 5.92 Å². The second-order valence-electron chi connectivity index (χ2n) is 3.48. The van der Waals surface area contributed by atoms with Crippen molar-refractivity contribution in [1.29, 1.82) is 0 Å². The minimum Gasteiger partial charge on any atom is -0.303 e. The van der Waals surface area contributed by atoms with E-state index in [1.54, 1.807) is 6.07 Å². The lowest BCUT2D eigenvalue weighted by Crippen LogP contribution is -2.26. The van der Waals surface area contributed by atoms with E-state index in [1.165, 1.54) is 18.3 Å². The van der Waals surface area contributed by atoms with Crippen LogP contribution in [0.25, 0.3) is 0 Å². The molecule has 1 rings (SSSR count). The molecular weight excluding hydrogens is 235 g/mol. The van der Waals surface area contributed by atoms with Crippen molar-refractivity contribution >= 4 is 12.1 Å². The van der Waals surface area contributed by atoms with Gasteiger partial charge in [-0.15, -0.1) is 0 Å². The van der Waals surface area contributed by atoms with E-state index >= 15 is 0 Å². The number of alkyl halides is 3. The summed E-state index contributed by atoms with van der Waals surface area (Å²) in [6.07, 6.45) is -4.51. The standard InChI is InChI=1S/C11H10F3NO2/c12-11(13,14)8(4-6-16)7-10(17)9-3-1-2-5-15-9/h1-3,5-6,8H,4,7H2. The Kier molecular flexibility index (Phi) is 4.37. The summed E-state index contributed by atoms with van der Waals surface area (Å²) < 4.78 is 37.4. The van der Waals surface area contributed by atoms with Crippen LogP contribution in [0.4, 0.5) is 13.2 Å². The second-order valence-corrected chi connectivity index (χ2v) is 3.48. The van der Waals surface area contributed by atoms with Crippen molar-refractivity contribution in [1.82, 2.24) is 4.98 Å². The van der Waals surface area contributed by atoms with Gasteiger partial charge in [0.05, 0.1) is 5.92 Å². The number of aldehydes is 1. The van der Waals surface area contributed by atoms with Crippen LogP contribution in [0.1, 0.15) is 23.3 Å². The normalized spacial score (nSPS) is 13.1. The number of rotatable bonds is 5. The molecule has 1 aromatic heterocycles. The van der Waals surface area contributed by atoms with Gasteiger partial charge in [0.25, 0.3) is 0 Å². The van der Waals surface area contributed by atoms with E-state index < -0.39 is 30.7 Å². The smallest absolute Gasteiger partial charge is 0.303 e. The lowest BCUT2D eigenvalue weighted by molar-refractivity contribution is -0.175. The first-order valence-electron chi connectivity index (χ1n) is 4.89. The molecule has 17 heavy (non-hydrogen) atoms. The number of nitrogens with zero attached hydrogens (tertiary/aromatic N) is 1. The second kappa shape index (κ2) is 5.56. The SMILES string of the molecule is O=CCC(CC(=O)c1ccccn1)C(F)(F)F. The minimum atomic E-state index is -4.55. The number of ketones is 1. The largest absolute Gasteiger partial charge is 0.392 e. The van der Waals surface area contributed by atoms with Crippen molar-refractivity contribution in [2.45, 2.75) is 19.0 Å². The molecule has 6 heteroatoms. The third-order valence-corrected chi connectivity index (χ3v) is 2.23. The Labute approximate surface area is 95.7 Å². The summed E-state index contributed by atoms with van der Waals surface area (Å²) in [7, 11) is 0. The highest BCUT2D eigenvalue weighted by Crippen LogP contribution is 2.31. The van der Waals surface area contributed by atoms with Gasteiger partial charge in [0.1, 0.15) is 12.0 Å². The maximum atomic E-state index is 12.5. The number of hydrogen-bond donors (Lipinski definition) is 0. The number of hydrogen-bond acceptors (Lipinski definition) is 3. The lowest BCUT2D eigenvalue weighted by atomic mass is 9.97. The van der Waals surface area contributed by atoms with Crippen LogP contribution in [0.15, 0.2) is 24.4 Å². The molecule has 0 aliphatic carbocycles. The molecule has 0 spiro atoms. The molecule has 1 heterocycles. The van der Waals surface area contributed by atoms with Crippen molar-refractivity contribution in [3.63, 3.8) is 0 Å². The van der Waals surface area contributed by atoms with Gasteiger partial charge in [0, 0.05) is 19.0 Å². The highest BCUT2D eigenvalue weighted by molar-refractivity contribution is 5.94. The molecule has 0 aliphatic rings. The van der Waals surface area contributed by atoms with Crippen molar-refractivity contribution in [3.8, 4) is 0 Å². The molecule has 0 N–H and O–H groups in total. The molecule has 1 atom stereocenters. The highest BCUT2D eigenvalue weighted by Gasteiger charge is 2.40. The molecule has 92 valence electrons. The van der Waals surface area contributed by atoms with Gasteiger partial charge in [-0.3, -0.25) is 9.78 Å². The van der Waals surface area contributed by atoms with Crippen LogP contribution in [0.5, 0.6) is 0 Å². The van der Waals surface area contributed by atoms with Crippen molar-refractivity contribution in [2.75, 3.05) is 0 Å². The van der Waals surface area contributed by atoms with Gasteiger partial charge in [-0.05, 0) is 12.1 Å². The summed E-state index contributed by atoms with van der Waals surface area (Å²) in [4.78, 5) is 25.3. The Morgan fingerprint density at radius 3 is 2.59 bits per heavy atom. The van der Waals surface area contributed by atoms with Crippen molar-refractivity contribution < 1.29 is 22.8 Å². The minimum absolute atomic E-state index is 0.0207. The molecule has 3 nitrogen and oxygen atoms in total. The fourth-order valence-corrected chi connectivity index (χ4v) is 1.30. The lowest BCUT2D eigenvalue weighted by Gasteiger charge is -2.16. The first-order valence-corrected chi connectivity index (χ1v) is 4.89. The van der Waals surface area contributed by atoms with E-state index in [9.17, 15) is 22.8 Å². The zero-order chi connectivity index (χ0) is 12.9. The van der Waals surface area contributed by atoms with E-state index in [4.69, 9.17) is 0 Å². The Bertz CT molecular complexity index is 389. The molecule has 0 saturated carbocycles. The monoisotopic (exact) mass is 245 g/mol. The maximum absolute atomic E-state index is 12.5. The molecule has 0 fully saturated rings. The van der Waals surface area contributed by atoms with E-state index in [-0.39, 0.29) is 12.0 Å². The van der Waals surface area contributed by atoms with Crippen LogP contribution >= 0.6 is 0 Å². The molecule has 0 aromatic carbocycles.